The molecule has 1 aliphatic rings. The predicted octanol–water partition coefficient (Wildman–Crippen LogP) is 5.45. The summed E-state index contributed by atoms with van der Waals surface area (Å²) >= 11 is 0.907. The fourth-order valence-electron chi connectivity index (χ4n) is 3.19. The zero-order valence-electron chi connectivity index (χ0n) is 16.8. The van der Waals surface area contributed by atoms with Gasteiger partial charge >= 0.3 is 5.97 Å². The molecule has 154 valence electrons. The number of ether oxygens (including phenoxy) is 1. The van der Waals surface area contributed by atoms with Gasteiger partial charge in [-0.25, -0.2) is 4.79 Å². The maximum absolute atomic E-state index is 12.8. The molecule has 0 atom stereocenters. The van der Waals surface area contributed by atoms with Crippen molar-refractivity contribution in [3.63, 3.8) is 0 Å². The zero-order valence-corrected chi connectivity index (χ0v) is 17.6. The van der Waals surface area contributed by atoms with Crippen LogP contribution < -0.4 is 4.74 Å². The maximum Gasteiger partial charge on any atom is 0.343 e. The predicted molar refractivity (Wildman–Crippen MR) is 121 cm³/mol. The van der Waals surface area contributed by atoms with Crippen LogP contribution in [-0.4, -0.2) is 22.0 Å². The van der Waals surface area contributed by atoms with Crippen molar-refractivity contribution in [3.05, 3.63) is 106 Å². The molecule has 0 aromatic heterocycles. The number of hydrogen-bond acceptors (Lipinski definition) is 5. The minimum absolute atomic E-state index is 0.235. The first-order chi connectivity index (χ1) is 15.0. The number of esters is 1. The molecule has 3 aromatic rings. The van der Waals surface area contributed by atoms with E-state index in [4.69, 9.17) is 4.74 Å². The third-order valence-electron chi connectivity index (χ3n) is 4.67. The molecule has 3 aromatic carbocycles. The van der Waals surface area contributed by atoms with Gasteiger partial charge in [-0.3, -0.25) is 14.5 Å². The molecule has 0 N–H and O–H groups in total. The molecule has 4 rings (SSSR count). The molecule has 6 heteroatoms. The summed E-state index contributed by atoms with van der Waals surface area (Å²) < 4.78 is 5.43. The molecule has 0 spiro atoms. The SMILES string of the molecule is Cc1cccc(CN2C(=O)S/C(=C\c3cccc(OC(=O)c4ccccc4)c3)C2=O)c1. The average molecular weight is 429 g/mol. The highest BCUT2D eigenvalue weighted by atomic mass is 32.2. The summed E-state index contributed by atoms with van der Waals surface area (Å²) in [6.07, 6.45) is 1.64. The van der Waals surface area contributed by atoms with Crippen LogP contribution in [0, 0.1) is 6.92 Å². The topological polar surface area (TPSA) is 63.7 Å². The van der Waals surface area contributed by atoms with E-state index >= 15 is 0 Å². The van der Waals surface area contributed by atoms with Gasteiger partial charge in [0.2, 0.25) is 0 Å². The van der Waals surface area contributed by atoms with Crippen LogP contribution in [0.4, 0.5) is 4.79 Å². The van der Waals surface area contributed by atoms with E-state index in [1.165, 1.54) is 4.90 Å². The van der Waals surface area contributed by atoms with Crippen molar-refractivity contribution < 1.29 is 19.1 Å². The second-order valence-electron chi connectivity index (χ2n) is 7.08. The Balaban J connectivity index is 1.49. The van der Waals surface area contributed by atoms with E-state index in [1.54, 1.807) is 54.6 Å². The van der Waals surface area contributed by atoms with Crippen LogP contribution in [0.15, 0.2) is 83.8 Å². The third-order valence-corrected chi connectivity index (χ3v) is 5.58. The van der Waals surface area contributed by atoms with Gasteiger partial charge in [0.25, 0.3) is 11.1 Å². The smallest absolute Gasteiger partial charge is 0.343 e. The van der Waals surface area contributed by atoms with Crippen molar-refractivity contribution in [1.29, 1.82) is 0 Å². The Bertz CT molecular complexity index is 1190. The van der Waals surface area contributed by atoms with E-state index in [0.717, 1.165) is 22.9 Å². The fraction of sp³-hybridized carbons (Fsp3) is 0.0800. The van der Waals surface area contributed by atoms with Gasteiger partial charge in [-0.05, 0) is 60.2 Å². The molecule has 0 aliphatic carbocycles. The van der Waals surface area contributed by atoms with Gasteiger partial charge < -0.3 is 4.74 Å². The quantitative estimate of drug-likeness (QED) is 0.307. The van der Waals surface area contributed by atoms with E-state index in [2.05, 4.69) is 0 Å². The van der Waals surface area contributed by atoms with Crippen molar-refractivity contribution in [2.24, 2.45) is 0 Å². The highest BCUT2D eigenvalue weighted by Gasteiger charge is 2.35. The van der Waals surface area contributed by atoms with Gasteiger partial charge in [-0.15, -0.1) is 0 Å². The van der Waals surface area contributed by atoms with Crippen LogP contribution in [0.25, 0.3) is 6.08 Å². The summed E-state index contributed by atoms with van der Waals surface area (Å²) in [5, 5.41) is -0.301. The highest BCUT2D eigenvalue weighted by molar-refractivity contribution is 8.18. The Labute approximate surface area is 184 Å². The first-order valence-corrected chi connectivity index (χ1v) is 10.5. The van der Waals surface area contributed by atoms with Gasteiger partial charge in [0, 0.05) is 0 Å². The summed E-state index contributed by atoms with van der Waals surface area (Å²) in [6, 6.07) is 23.3. The normalized spacial score (nSPS) is 14.9. The number of hydrogen-bond donors (Lipinski definition) is 0. The van der Waals surface area contributed by atoms with Crippen LogP contribution >= 0.6 is 11.8 Å². The molecule has 1 heterocycles. The minimum atomic E-state index is -0.462. The number of nitrogens with zero attached hydrogens (tertiary/aromatic N) is 1. The number of carbonyl (C=O) groups excluding carboxylic acids is 3. The Morgan fingerprint density at radius 2 is 1.74 bits per heavy atom. The summed E-state index contributed by atoms with van der Waals surface area (Å²) in [6.45, 7) is 2.20. The maximum atomic E-state index is 12.8. The van der Waals surface area contributed by atoms with E-state index in [-0.39, 0.29) is 17.7 Å². The molecule has 0 radical (unpaired) electrons. The third kappa shape index (κ3) is 4.92. The number of aryl methyl sites for hydroxylation is 1. The lowest BCUT2D eigenvalue weighted by Crippen LogP contribution is -2.27. The lowest BCUT2D eigenvalue weighted by molar-refractivity contribution is -0.123. The van der Waals surface area contributed by atoms with Crippen LogP contribution in [0.1, 0.15) is 27.0 Å². The molecule has 1 saturated heterocycles. The van der Waals surface area contributed by atoms with Crippen LogP contribution in [0.3, 0.4) is 0 Å². The standard InChI is InChI=1S/C25H19NO4S/c1-17-7-5-9-19(13-17)16-26-23(27)22(31-25(26)29)15-18-8-6-12-21(14-18)30-24(28)20-10-3-2-4-11-20/h2-15H,16H2,1H3/b22-15-. The van der Waals surface area contributed by atoms with Gasteiger partial charge in [-0.2, -0.15) is 0 Å². The van der Waals surface area contributed by atoms with Crippen LogP contribution in [0.2, 0.25) is 0 Å². The second kappa shape index (κ2) is 9.02. The largest absolute Gasteiger partial charge is 0.423 e. The fourth-order valence-corrected chi connectivity index (χ4v) is 4.03. The Morgan fingerprint density at radius 1 is 0.968 bits per heavy atom. The molecule has 5 nitrogen and oxygen atoms in total. The number of benzene rings is 3. The van der Waals surface area contributed by atoms with Crippen molar-refractivity contribution in [2.75, 3.05) is 0 Å². The monoisotopic (exact) mass is 429 g/mol. The summed E-state index contributed by atoms with van der Waals surface area (Å²) in [4.78, 5) is 39.0. The van der Waals surface area contributed by atoms with Gasteiger partial charge in [-0.1, -0.05) is 60.2 Å². The molecule has 1 fully saturated rings. The Kier molecular flexibility index (Phi) is 6.00. The Hall–Kier alpha value is -3.64. The molecule has 1 aliphatic heterocycles. The molecule has 0 saturated carbocycles. The number of imide groups is 1. The second-order valence-corrected chi connectivity index (χ2v) is 8.08. The Morgan fingerprint density at radius 3 is 2.52 bits per heavy atom. The van der Waals surface area contributed by atoms with Gasteiger partial charge in [0.05, 0.1) is 17.0 Å². The van der Waals surface area contributed by atoms with E-state index < -0.39 is 5.97 Å². The lowest BCUT2D eigenvalue weighted by Gasteiger charge is -2.12. The van der Waals surface area contributed by atoms with E-state index in [9.17, 15) is 14.4 Å². The summed E-state index contributed by atoms with van der Waals surface area (Å²) in [5.41, 5.74) is 3.09. The molecule has 0 unspecified atom stereocenters. The summed E-state index contributed by atoms with van der Waals surface area (Å²) in [5.74, 6) is -0.430. The van der Waals surface area contributed by atoms with Crippen molar-refractivity contribution in [1.82, 2.24) is 4.90 Å². The minimum Gasteiger partial charge on any atom is -0.423 e. The van der Waals surface area contributed by atoms with Crippen molar-refractivity contribution >= 4 is 35.0 Å². The van der Waals surface area contributed by atoms with Crippen molar-refractivity contribution in [3.8, 4) is 5.75 Å². The van der Waals surface area contributed by atoms with Crippen molar-refractivity contribution in [2.45, 2.75) is 13.5 Å². The summed E-state index contributed by atoms with van der Waals surface area (Å²) in [7, 11) is 0. The van der Waals surface area contributed by atoms with Crippen LogP contribution in [-0.2, 0) is 11.3 Å². The molecule has 0 bridgehead atoms. The number of rotatable bonds is 5. The number of amides is 2. The van der Waals surface area contributed by atoms with E-state index in [0.29, 0.717) is 21.8 Å². The zero-order chi connectivity index (χ0) is 21.8. The first-order valence-electron chi connectivity index (χ1n) is 9.68. The molecule has 2 amide bonds. The van der Waals surface area contributed by atoms with Crippen LogP contribution in [0.5, 0.6) is 5.75 Å². The lowest BCUT2D eigenvalue weighted by atomic mass is 10.1. The molecule has 31 heavy (non-hydrogen) atoms. The highest BCUT2D eigenvalue weighted by Crippen LogP contribution is 2.33. The number of thioether (sulfide) groups is 1. The van der Waals surface area contributed by atoms with Gasteiger partial charge in [0.15, 0.2) is 0 Å². The molecular weight excluding hydrogens is 410 g/mol. The van der Waals surface area contributed by atoms with E-state index in [1.807, 2.05) is 37.3 Å². The number of carbonyl (C=O) groups is 3. The first kappa shape index (κ1) is 20.6. The average Bonchev–Trinajstić information content (AvgIpc) is 3.02. The molecular formula is C25H19NO4S. The van der Waals surface area contributed by atoms with Gasteiger partial charge in [0.1, 0.15) is 5.75 Å².